The van der Waals surface area contributed by atoms with Crippen LogP contribution in [0, 0.1) is 6.92 Å². The molecule has 7 heteroatoms. The number of hydrogen-bond donors (Lipinski definition) is 2. The third-order valence-electron chi connectivity index (χ3n) is 4.47. The van der Waals surface area contributed by atoms with Crippen LogP contribution >= 0.6 is 0 Å². The Morgan fingerprint density at radius 1 is 1.50 bits per heavy atom. The van der Waals surface area contributed by atoms with Gasteiger partial charge in [-0.15, -0.1) is 0 Å². The fraction of sp³-hybridized carbons (Fsp3) is 0.474. The zero-order valence-electron chi connectivity index (χ0n) is 15.5. The van der Waals surface area contributed by atoms with Gasteiger partial charge in [-0.3, -0.25) is 9.48 Å². The Labute approximate surface area is 153 Å². The molecule has 1 aliphatic heterocycles. The summed E-state index contributed by atoms with van der Waals surface area (Å²) >= 11 is 0. The number of aromatic nitrogens is 2. The number of aryl methyl sites for hydroxylation is 2. The Hall–Kier alpha value is -2.38. The number of nitrogens with one attached hydrogen (secondary N) is 2. The van der Waals surface area contributed by atoms with Crippen LogP contribution in [0.25, 0.3) is 0 Å². The Balaban J connectivity index is 1.67. The van der Waals surface area contributed by atoms with Crippen LogP contribution in [-0.4, -0.2) is 42.1 Å². The first-order chi connectivity index (χ1) is 12.6. The number of benzene rings is 1. The number of ether oxygens (including phenoxy) is 2. The molecule has 1 aliphatic rings. The minimum Gasteiger partial charge on any atom is -0.488 e. The summed E-state index contributed by atoms with van der Waals surface area (Å²) in [5, 5.41) is 10.2. The van der Waals surface area contributed by atoms with E-state index >= 15 is 0 Å². The summed E-state index contributed by atoms with van der Waals surface area (Å²) in [6, 6.07) is 5.59. The van der Waals surface area contributed by atoms with Gasteiger partial charge >= 0.3 is 0 Å². The molecule has 0 bridgehead atoms. The minimum absolute atomic E-state index is 0.0756. The highest BCUT2D eigenvalue weighted by molar-refractivity contribution is 5.83. The number of carbonyl (C=O) groups excluding carboxylic acids is 1. The highest BCUT2D eigenvalue weighted by Crippen LogP contribution is 2.24. The second kappa shape index (κ2) is 8.33. The van der Waals surface area contributed by atoms with Crippen molar-refractivity contribution in [3.05, 3.63) is 47.3 Å². The SMILES string of the molecule is CNC(C(=O)NCc1ccc(C)cc1OC1CCOC1)c1cnn(C)c1. The van der Waals surface area contributed by atoms with Crippen molar-refractivity contribution < 1.29 is 14.3 Å². The van der Waals surface area contributed by atoms with Gasteiger partial charge in [-0.05, 0) is 25.6 Å². The summed E-state index contributed by atoms with van der Waals surface area (Å²) in [6.45, 7) is 3.78. The molecule has 140 valence electrons. The van der Waals surface area contributed by atoms with E-state index in [1.54, 1.807) is 17.9 Å². The maximum atomic E-state index is 12.6. The summed E-state index contributed by atoms with van der Waals surface area (Å²) in [5.41, 5.74) is 2.91. The largest absolute Gasteiger partial charge is 0.488 e. The van der Waals surface area contributed by atoms with Crippen LogP contribution in [0.3, 0.4) is 0 Å². The van der Waals surface area contributed by atoms with Crippen LogP contribution in [0.15, 0.2) is 30.6 Å². The van der Waals surface area contributed by atoms with Crippen LogP contribution in [0.2, 0.25) is 0 Å². The Bertz CT molecular complexity index is 753. The lowest BCUT2D eigenvalue weighted by Gasteiger charge is -2.18. The van der Waals surface area contributed by atoms with Crippen molar-refractivity contribution in [1.82, 2.24) is 20.4 Å². The van der Waals surface area contributed by atoms with Crippen molar-refractivity contribution in [2.45, 2.75) is 32.0 Å². The molecule has 0 spiro atoms. The van der Waals surface area contributed by atoms with Crippen molar-refractivity contribution in [3.63, 3.8) is 0 Å². The van der Waals surface area contributed by atoms with Crippen LogP contribution < -0.4 is 15.4 Å². The summed E-state index contributed by atoms with van der Waals surface area (Å²) in [7, 11) is 3.59. The molecule has 1 saturated heterocycles. The average molecular weight is 358 g/mol. The second-order valence-electron chi connectivity index (χ2n) is 6.60. The first-order valence-electron chi connectivity index (χ1n) is 8.84. The van der Waals surface area contributed by atoms with Crippen molar-refractivity contribution in [1.29, 1.82) is 0 Å². The third-order valence-corrected chi connectivity index (χ3v) is 4.47. The topological polar surface area (TPSA) is 77.4 Å². The normalized spacial score (nSPS) is 17.9. The molecule has 2 atom stereocenters. The number of nitrogens with zero attached hydrogens (tertiary/aromatic N) is 2. The molecule has 2 N–H and O–H groups in total. The zero-order chi connectivity index (χ0) is 18.5. The summed E-state index contributed by atoms with van der Waals surface area (Å²) in [5.74, 6) is 0.708. The molecule has 0 saturated carbocycles. The Kier molecular flexibility index (Phi) is 5.90. The predicted molar refractivity (Wildman–Crippen MR) is 97.9 cm³/mol. The van der Waals surface area contributed by atoms with E-state index in [0.29, 0.717) is 13.2 Å². The van der Waals surface area contributed by atoms with Crippen LogP contribution in [0.5, 0.6) is 5.75 Å². The molecule has 1 fully saturated rings. The lowest BCUT2D eigenvalue weighted by atomic mass is 10.1. The van der Waals surface area contributed by atoms with Gasteiger partial charge in [-0.2, -0.15) is 5.10 Å². The van der Waals surface area contributed by atoms with E-state index in [-0.39, 0.29) is 12.0 Å². The van der Waals surface area contributed by atoms with Gasteiger partial charge in [0, 0.05) is 37.3 Å². The van der Waals surface area contributed by atoms with Gasteiger partial charge in [0.15, 0.2) is 0 Å². The smallest absolute Gasteiger partial charge is 0.242 e. The first-order valence-corrected chi connectivity index (χ1v) is 8.84. The fourth-order valence-electron chi connectivity index (χ4n) is 3.03. The molecular formula is C19H26N4O3. The molecule has 0 aliphatic carbocycles. The van der Waals surface area contributed by atoms with E-state index in [1.165, 1.54) is 0 Å². The zero-order valence-corrected chi connectivity index (χ0v) is 15.5. The molecule has 3 rings (SSSR count). The van der Waals surface area contributed by atoms with E-state index in [4.69, 9.17) is 9.47 Å². The van der Waals surface area contributed by atoms with Crippen LogP contribution in [0.4, 0.5) is 0 Å². The molecule has 1 aromatic heterocycles. The van der Waals surface area contributed by atoms with E-state index < -0.39 is 6.04 Å². The van der Waals surface area contributed by atoms with Crippen molar-refractivity contribution in [3.8, 4) is 5.75 Å². The van der Waals surface area contributed by atoms with Gasteiger partial charge in [0.05, 0.1) is 19.4 Å². The predicted octanol–water partition coefficient (Wildman–Crippen LogP) is 1.47. The fourth-order valence-corrected chi connectivity index (χ4v) is 3.03. The molecule has 1 aromatic carbocycles. The lowest BCUT2D eigenvalue weighted by molar-refractivity contribution is -0.123. The van der Waals surface area contributed by atoms with Gasteiger partial charge in [0.25, 0.3) is 0 Å². The Morgan fingerprint density at radius 2 is 2.35 bits per heavy atom. The lowest BCUT2D eigenvalue weighted by Crippen LogP contribution is -2.35. The van der Waals surface area contributed by atoms with Gasteiger partial charge in [0.2, 0.25) is 5.91 Å². The summed E-state index contributed by atoms with van der Waals surface area (Å²) in [6.07, 6.45) is 4.50. The van der Waals surface area contributed by atoms with E-state index in [9.17, 15) is 4.79 Å². The number of carbonyl (C=O) groups is 1. The quantitative estimate of drug-likeness (QED) is 0.784. The maximum absolute atomic E-state index is 12.6. The molecule has 0 radical (unpaired) electrons. The Morgan fingerprint density at radius 3 is 3.00 bits per heavy atom. The first kappa shape index (κ1) is 18.4. The maximum Gasteiger partial charge on any atom is 0.242 e. The number of likely N-dealkylation sites (N-methyl/N-ethyl adjacent to an activating group) is 1. The highest BCUT2D eigenvalue weighted by Gasteiger charge is 2.21. The molecule has 2 unspecified atom stereocenters. The van der Waals surface area contributed by atoms with Gasteiger partial charge in [-0.25, -0.2) is 0 Å². The van der Waals surface area contributed by atoms with E-state index in [0.717, 1.165) is 35.5 Å². The van der Waals surface area contributed by atoms with E-state index in [2.05, 4.69) is 15.7 Å². The molecule has 7 nitrogen and oxygen atoms in total. The summed E-state index contributed by atoms with van der Waals surface area (Å²) in [4.78, 5) is 12.6. The molecule has 26 heavy (non-hydrogen) atoms. The molecule has 2 aromatic rings. The molecular weight excluding hydrogens is 332 g/mol. The standard InChI is InChI=1S/C19H26N4O3/c1-13-4-5-14(17(8-13)26-16-6-7-25-12-16)9-21-19(24)18(20-2)15-10-22-23(3)11-15/h4-5,8,10-11,16,18,20H,6-7,9,12H2,1-3H3,(H,21,24). The number of hydrogen-bond acceptors (Lipinski definition) is 5. The molecule has 1 amide bonds. The monoisotopic (exact) mass is 358 g/mol. The van der Waals surface area contributed by atoms with Gasteiger partial charge < -0.3 is 20.1 Å². The summed E-state index contributed by atoms with van der Waals surface area (Å²) < 4.78 is 13.2. The highest BCUT2D eigenvalue weighted by atomic mass is 16.5. The number of amides is 1. The van der Waals surface area contributed by atoms with E-state index in [1.807, 2.05) is 38.4 Å². The minimum atomic E-state index is -0.443. The average Bonchev–Trinajstić information content (AvgIpc) is 3.27. The molecule has 2 heterocycles. The van der Waals surface area contributed by atoms with Crippen molar-refractivity contribution >= 4 is 5.91 Å². The van der Waals surface area contributed by atoms with Gasteiger partial charge in [0.1, 0.15) is 17.9 Å². The van der Waals surface area contributed by atoms with Crippen LogP contribution in [0.1, 0.15) is 29.2 Å². The van der Waals surface area contributed by atoms with Gasteiger partial charge in [-0.1, -0.05) is 12.1 Å². The third kappa shape index (κ3) is 4.42. The van der Waals surface area contributed by atoms with Crippen molar-refractivity contribution in [2.24, 2.45) is 7.05 Å². The van der Waals surface area contributed by atoms with Crippen molar-refractivity contribution in [2.75, 3.05) is 20.3 Å². The van der Waals surface area contributed by atoms with Crippen LogP contribution in [-0.2, 0) is 23.1 Å². The second-order valence-corrected chi connectivity index (χ2v) is 6.60. The number of rotatable bonds is 7.